The van der Waals surface area contributed by atoms with Crippen molar-refractivity contribution in [1.29, 1.82) is 0 Å². The second-order valence-corrected chi connectivity index (χ2v) is 4.19. The summed E-state index contributed by atoms with van der Waals surface area (Å²) in [6, 6.07) is 7.46. The Labute approximate surface area is 70.4 Å². The third kappa shape index (κ3) is 1.90. The first-order valence-corrected chi connectivity index (χ1v) is 4.68. The summed E-state index contributed by atoms with van der Waals surface area (Å²) in [5.41, 5.74) is 0. The van der Waals surface area contributed by atoms with Gasteiger partial charge in [-0.3, -0.25) is 0 Å². The minimum atomic E-state index is 0.371. The van der Waals surface area contributed by atoms with Crippen molar-refractivity contribution in [2.24, 2.45) is 0 Å². The monoisotopic (exact) mass is 166 g/mol. The van der Waals surface area contributed by atoms with Crippen LogP contribution in [0.1, 0.15) is 12.8 Å². The lowest BCUT2D eigenvalue weighted by Crippen LogP contribution is -1.73. The Morgan fingerprint density at radius 3 is 2.82 bits per heavy atom. The average molecular weight is 166 g/mol. The van der Waals surface area contributed by atoms with Crippen LogP contribution in [0.3, 0.4) is 0 Å². The molecule has 2 heteroatoms. The molecule has 1 aromatic carbocycles. The summed E-state index contributed by atoms with van der Waals surface area (Å²) in [5.74, 6) is 0.371. The molecule has 1 fully saturated rings. The van der Waals surface area contributed by atoms with Gasteiger partial charge in [-0.15, -0.1) is 11.8 Å². The number of hydrogen-bond donors (Lipinski definition) is 1. The van der Waals surface area contributed by atoms with Crippen molar-refractivity contribution in [2.45, 2.75) is 23.0 Å². The van der Waals surface area contributed by atoms with Crippen LogP contribution >= 0.6 is 11.8 Å². The molecule has 0 amide bonds. The van der Waals surface area contributed by atoms with Gasteiger partial charge in [0.2, 0.25) is 0 Å². The first-order valence-electron chi connectivity index (χ1n) is 3.80. The van der Waals surface area contributed by atoms with Gasteiger partial charge in [0.15, 0.2) is 0 Å². The molecule has 0 aliphatic heterocycles. The van der Waals surface area contributed by atoms with E-state index in [2.05, 4.69) is 0 Å². The molecule has 0 saturated heterocycles. The number of phenolic OH excluding ortho intramolecular Hbond substituents is 1. The molecule has 0 radical (unpaired) electrons. The van der Waals surface area contributed by atoms with E-state index in [9.17, 15) is 0 Å². The Balaban J connectivity index is 2.10. The first-order chi connectivity index (χ1) is 5.34. The van der Waals surface area contributed by atoms with E-state index in [1.54, 1.807) is 6.07 Å². The minimum absolute atomic E-state index is 0.371. The Hall–Kier alpha value is -0.630. The number of rotatable bonds is 2. The largest absolute Gasteiger partial charge is 0.508 e. The average Bonchev–Trinajstić information content (AvgIpc) is 2.71. The Morgan fingerprint density at radius 2 is 2.18 bits per heavy atom. The van der Waals surface area contributed by atoms with Crippen LogP contribution in [0.25, 0.3) is 0 Å². The van der Waals surface area contributed by atoms with Crippen molar-refractivity contribution in [3.8, 4) is 5.75 Å². The fourth-order valence-corrected chi connectivity index (χ4v) is 2.04. The molecule has 1 aromatic rings. The molecule has 2 rings (SSSR count). The van der Waals surface area contributed by atoms with Gasteiger partial charge in [-0.25, -0.2) is 0 Å². The van der Waals surface area contributed by atoms with Crippen LogP contribution in [-0.4, -0.2) is 10.4 Å². The second kappa shape index (κ2) is 2.78. The summed E-state index contributed by atoms with van der Waals surface area (Å²) < 4.78 is 0. The van der Waals surface area contributed by atoms with Crippen molar-refractivity contribution in [2.75, 3.05) is 0 Å². The van der Waals surface area contributed by atoms with Crippen LogP contribution in [0.2, 0.25) is 0 Å². The van der Waals surface area contributed by atoms with Gasteiger partial charge in [0.05, 0.1) is 0 Å². The molecular weight excluding hydrogens is 156 g/mol. The van der Waals surface area contributed by atoms with Gasteiger partial charge in [0, 0.05) is 10.1 Å². The van der Waals surface area contributed by atoms with Crippen LogP contribution in [0.4, 0.5) is 0 Å². The van der Waals surface area contributed by atoms with Gasteiger partial charge >= 0.3 is 0 Å². The highest BCUT2D eigenvalue weighted by molar-refractivity contribution is 8.00. The maximum absolute atomic E-state index is 9.13. The van der Waals surface area contributed by atoms with Crippen LogP contribution in [0.15, 0.2) is 29.2 Å². The van der Waals surface area contributed by atoms with Crippen molar-refractivity contribution in [1.82, 2.24) is 0 Å². The van der Waals surface area contributed by atoms with E-state index in [0.717, 1.165) is 5.25 Å². The molecule has 1 saturated carbocycles. The highest BCUT2D eigenvalue weighted by Crippen LogP contribution is 2.39. The quantitative estimate of drug-likeness (QED) is 0.728. The third-order valence-electron chi connectivity index (χ3n) is 1.64. The molecule has 0 bridgehead atoms. The maximum Gasteiger partial charge on any atom is 0.116 e. The standard InChI is InChI=1S/C9H10OS/c10-7-2-1-3-9(6-7)11-8-4-5-8/h1-3,6,8,10H,4-5H2. The molecule has 0 heterocycles. The van der Waals surface area contributed by atoms with Gasteiger partial charge in [-0.2, -0.15) is 0 Å². The molecule has 1 nitrogen and oxygen atoms in total. The van der Waals surface area contributed by atoms with E-state index >= 15 is 0 Å². The number of benzene rings is 1. The molecule has 1 aliphatic rings. The lowest BCUT2D eigenvalue weighted by atomic mass is 10.3. The highest BCUT2D eigenvalue weighted by atomic mass is 32.2. The van der Waals surface area contributed by atoms with Crippen molar-refractivity contribution in [3.05, 3.63) is 24.3 Å². The number of hydrogen-bond acceptors (Lipinski definition) is 2. The fourth-order valence-electron chi connectivity index (χ4n) is 0.935. The van der Waals surface area contributed by atoms with E-state index in [-0.39, 0.29) is 0 Å². The third-order valence-corrected chi connectivity index (χ3v) is 2.98. The molecule has 0 aromatic heterocycles. The predicted octanol–water partition coefficient (Wildman–Crippen LogP) is 2.65. The lowest BCUT2D eigenvalue weighted by molar-refractivity contribution is 0.474. The Morgan fingerprint density at radius 1 is 1.36 bits per heavy atom. The number of thioether (sulfide) groups is 1. The van der Waals surface area contributed by atoms with Gasteiger partial charge in [-0.05, 0) is 31.0 Å². The van der Waals surface area contributed by atoms with Crippen LogP contribution in [0, 0.1) is 0 Å². The summed E-state index contributed by atoms with van der Waals surface area (Å²) in [7, 11) is 0. The number of aromatic hydroxyl groups is 1. The Bertz CT molecular complexity index is 255. The van der Waals surface area contributed by atoms with Crippen LogP contribution in [0.5, 0.6) is 5.75 Å². The molecule has 0 atom stereocenters. The zero-order valence-corrected chi connectivity index (χ0v) is 6.97. The minimum Gasteiger partial charge on any atom is -0.508 e. The van der Waals surface area contributed by atoms with Crippen molar-refractivity contribution in [3.63, 3.8) is 0 Å². The Kier molecular flexibility index (Phi) is 1.78. The van der Waals surface area contributed by atoms with E-state index < -0.39 is 0 Å². The summed E-state index contributed by atoms with van der Waals surface area (Å²) in [5, 5.41) is 9.95. The molecule has 11 heavy (non-hydrogen) atoms. The van der Waals surface area contributed by atoms with E-state index in [1.165, 1.54) is 17.7 Å². The summed E-state index contributed by atoms with van der Waals surface area (Å²) >= 11 is 1.86. The smallest absolute Gasteiger partial charge is 0.116 e. The number of phenols is 1. The van der Waals surface area contributed by atoms with Crippen molar-refractivity contribution < 1.29 is 5.11 Å². The molecule has 1 N–H and O–H groups in total. The van der Waals surface area contributed by atoms with Crippen molar-refractivity contribution >= 4 is 11.8 Å². The molecular formula is C9H10OS. The first kappa shape index (κ1) is 7.04. The van der Waals surface area contributed by atoms with Gasteiger partial charge in [0.25, 0.3) is 0 Å². The SMILES string of the molecule is Oc1cccc(SC2CC2)c1. The topological polar surface area (TPSA) is 20.2 Å². The normalized spacial score (nSPS) is 16.7. The zero-order chi connectivity index (χ0) is 7.68. The van der Waals surface area contributed by atoms with E-state index in [0.29, 0.717) is 5.75 Å². The summed E-state index contributed by atoms with van der Waals surface area (Å²) in [6.45, 7) is 0. The molecule has 0 unspecified atom stereocenters. The highest BCUT2D eigenvalue weighted by Gasteiger charge is 2.22. The molecule has 1 aliphatic carbocycles. The van der Waals surface area contributed by atoms with E-state index in [4.69, 9.17) is 5.11 Å². The predicted molar refractivity (Wildman–Crippen MR) is 47.0 cm³/mol. The van der Waals surface area contributed by atoms with Crippen LogP contribution < -0.4 is 0 Å². The maximum atomic E-state index is 9.13. The van der Waals surface area contributed by atoms with Gasteiger partial charge < -0.3 is 5.11 Å². The summed E-state index contributed by atoms with van der Waals surface area (Å²) in [6.07, 6.45) is 2.67. The summed E-state index contributed by atoms with van der Waals surface area (Å²) in [4.78, 5) is 1.19. The lowest BCUT2D eigenvalue weighted by Gasteiger charge is -1.98. The fraction of sp³-hybridized carbons (Fsp3) is 0.333. The second-order valence-electron chi connectivity index (χ2n) is 2.81. The molecule has 58 valence electrons. The van der Waals surface area contributed by atoms with Crippen LogP contribution in [-0.2, 0) is 0 Å². The van der Waals surface area contributed by atoms with E-state index in [1.807, 2.05) is 30.0 Å². The van der Waals surface area contributed by atoms with Gasteiger partial charge in [-0.1, -0.05) is 6.07 Å². The van der Waals surface area contributed by atoms with Gasteiger partial charge in [0.1, 0.15) is 5.75 Å². The molecule has 0 spiro atoms. The zero-order valence-electron chi connectivity index (χ0n) is 6.16.